The number of carbonyl (C=O) groups is 2. The van der Waals surface area contributed by atoms with Gasteiger partial charge in [-0.3, -0.25) is 0 Å². The summed E-state index contributed by atoms with van der Waals surface area (Å²) < 4.78 is 5.46. The number of H-pyrrole nitrogens is 1. The lowest BCUT2D eigenvalue weighted by Crippen LogP contribution is -2.07. The van der Waals surface area contributed by atoms with Crippen molar-refractivity contribution in [3.63, 3.8) is 0 Å². The molecule has 0 unspecified atom stereocenters. The van der Waals surface area contributed by atoms with Gasteiger partial charge in [-0.25, -0.2) is 14.6 Å². The van der Waals surface area contributed by atoms with Crippen molar-refractivity contribution >= 4 is 50.3 Å². The second kappa shape index (κ2) is 10.9. The van der Waals surface area contributed by atoms with Crippen LogP contribution < -0.4 is 10.1 Å². The molecular formula is C27H31N3O5. The number of ether oxygens (including phenoxy) is 1. The lowest BCUT2D eigenvalue weighted by molar-refractivity contribution is -0.134. The molecule has 184 valence electrons. The van der Waals surface area contributed by atoms with Crippen molar-refractivity contribution in [2.75, 3.05) is 19.0 Å². The van der Waals surface area contributed by atoms with Gasteiger partial charge in [0, 0.05) is 46.6 Å². The molecule has 0 atom stereocenters. The van der Waals surface area contributed by atoms with Gasteiger partial charge in [-0.1, -0.05) is 13.8 Å². The zero-order chi connectivity index (χ0) is 25.7. The summed E-state index contributed by atoms with van der Waals surface area (Å²) >= 11 is 0. The molecule has 0 saturated carbocycles. The number of benzene rings is 2. The first-order valence-electron chi connectivity index (χ1n) is 11.4. The molecule has 0 fully saturated rings. The SMILES string of the molecule is COc1ccc2[nH]c3c(C)c4ccnc(NCCC(C)C)c4c(C)c3c2c1.O=C(O)C=CC(=O)O. The number of nitrogens with zero attached hydrogens (tertiary/aromatic N) is 1. The molecule has 2 heterocycles. The number of carboxylic acid groups (broad SMARTS) is 2. The Bertz CT molecular complexity index is 1400. The number of fused-ring (bicyclic) bond motifs is 4. The van der Waals surface area contributed by atoms with Gasteiger partial charge in [0.05, 0.1) is 12.6 Å². The van der Waals surface area contributed by atoms with E-state index < -0.39 is 11.9 Å². The second-order valence-corrected chi connectivity index (χ2v) is 8.74. The number of aromatic amines is 1. The van der Waals surface area contributed by atoms with Crippen LogP contribution in [0.15, 0.2) is 42.6 Å². The number of carboxylic acids is 2. The zero-order valence-electron chi connectivity index (χ0n) is 20.6. The fraction of sp³-hybridized carbons (Fsp3) is 0.296. The molecule has 4 aromatic rings. The minimum absolute atomic E-state index is 0.558. The van der Waals surface area contributed by atoms with Gasteiger partial charge in [-0.15, -0.1) is 0 Å². The summed E-state index contributed by atoms with van der Waals surface area (Å²) in [6.45, 7) is 9.82. The Labute approximate surface area is 203 Å². The number of aryl methyl sites for hydroxylation is 2. The van der Waals surface area contributed by atoms with Gasteiger partial charge in [0.1, 0.15) is 11.6 Å². The Morgan fingerprint density at radius 1 is 1.06 bits per heavy atom. The van der Waals surface area contributed by atoms with E-state index in [9.17, 15) is 9.59 Å². The summed E-state index contributed by atoms with van der Waals surface area (Å²) in [4.78, 5) is 27.4. The summed E-state index contributed by atoms with van der Waals surface area (Å²) in [5.41, 5.74) is 4.84. The minimum Gasteiger partial charge on any atom is -0.497 e. The topological polar surface area (TPSA) is 125 Å². The van der Waals surface area contributed by atoms with E-state index in [1.807, 2.05) is 12.3 Å². The fourth-order valence-electron chi connectivity index (χ4n) is 4.14. The number of aromatic nitrogens is 2. The molecule has 4 rings (SSSR count). The summed E-state index contributed by atoms with van der Waals surface area (Å²) in [5.74, 6) is 0.0119. The van der Waals surface area contributed by atoms with Gasteiger partial charge in [-0.2, -0.15) is 0 Å². The lowest BCUT2D eigenvalue weighted by atomic mass is 9.96. The van der Waals surface area contributed by atoms with E-state index in [1.165, 1.54) is 38.2 Å². The first-order valence-corrected chi connectivity index (χ1v) is 11.4. The smallest absolute Gasteiger partial charge is 0.328 e. The van der Waals surface area contributed by atoms with Crippen LogP contribution in [0.1, 0.15) is 31.4 Å². The molecular weight excluding hydrogens is 446 g/mol. The van der Waals surface area contributed by atoms with E-state index in [0.29, 0.717) is 18.1 Å². The highest BCUT2D eigenvalue weighted by Gasteiger charge is 2.17. The van der Waals surface area contributed by atoms with E-state index in [1.54, 1.807) is 7.11 Å². The van der Waals surface area contributed by atoms with Crippen molar-refractivity contribution < 1.29 is 24.5 Å². The molecule has 8 heteroatoms. The van der Waals surface area contributed by atoms with Crippen LogP contribution in [-0.2, 0) is 9.59 Å². The normalized spacial score (nSPS) is 11.3. The lowest BCUT2D eigenvalue weighted by Gasteiger charge is -2.15. The highest BCUT2D eigenvalue weighted by atomic mass is 16.5. The Morgan fingerprint density at radius 2 is 1.74 bits per heavy atom. The largest absolute Gasteiger partial charge is 0.497 e. The maximum absolute atomic E-state index is 9.55. The van der Waals surface area contributed by atoms with Crippen molar-refractivity contribution in [2.24, 2.45) is 5.92 Å². The van der Waals surface area contributed by atoms with E-state index in [2.05, 4.69) is 61.2 Å². The molecule has 4 N–H and O–H groups in total. The second-order valence-electron chi connectivity index (χ2n) is 8.74. The molecule has 0 saturated heterocycles. The monoisotopic (exact) mass is 477 g/mol. The van der Waals surface area contributed by atoms with Gasteiger partial charge in [0.25, 0.3) is 0 Å². The molecule has 0 amide bonds. The van der Waals surface area contributed by atoms with Crippen LogP contribution in [0.25, 0.3) is 32.6 Å². The molecule has 0 spiro atoms. The van der Waals surface area contributed by atoms with Gasteiger partial charge in [-0.05, 0) is 67.0 Å². The Kier molecular flexibility index (Phi) is 7.96. The van der Waals surface area contributed by atoms with Gasteiger partial charge >= 0.3 is 11.9 Å². The predicted molar refractivity (Wildman–Crippen MR) is 139 cm³/mol. The van der Waals surface area contributed by atoms with Crippen LogP contribution in [0, 0.1) is 19.8 Å². The van der Waals surface area contributed by atoms with E-state index in [0.717, 1.165) is 30.0 Å². The molecule has 0 aliphatic carbocycles. The first kappa shape index (κ1) is 25.6. The number of hydrogen-bond acceptors (Lipinski definition) is 5. The molecule has 0 aliphatic rings. The van der Waals surface area contributed by atoms with Gasteiger partial charge in [0.15, 0.2) is 0 Å². The average molecular weight is 478 g/mol. The number of pyridine rings is 1. The van der Waals surface area contributed by atoms with Crippen LogP contribution in [0.5, 0.6) is 5.75 Å². The van der Waals surface area contributed by atoms with Crippen molar-refractivity contribution in [1.29, 1.82) is 0 Å². The fourth-order valence-corrected chi connectivity index (χ4v) is 4.14. The number of rotatable bonds is 7. The minimum atomic E-state index is -1.26. The third kappa shape index (κ3) is 5.71. The van der Waals surface area contributed by atoms with Crippen LogP contribution in [0.2, 0.25) is 0 Å². The molecule has 0 bridgehead atoms. The first-order chi connectivity index (χ1) is 16.6. The van der Waals surface area contributed by atoms with Crippen LogP contribution in [0.3, 0.4) is 0 Å². The molecule has 35 heavy (non-hydrogen) atoms. The van der Waals surface area contributed by atoms with Crippen molar-refractivity contribution in [1.82, 2.24) is 9.97 Å². The zero-order valence-corrected chi connectivity index (χ0v) is 20.6. The highest BCUT2D eigenvalue weighted by molar-refractivity contribution is 6.18. The summed E-state index contributed by atoms with van der Waals surface area (Å²) in [5, 5.41) is 24.1. The van der Waals surface area contributed by atoms with E-state index >= 15 is 0 Å². The number of hydrogen-bond donors (Lipinski definition) is 4. The number of nitrogens with one attached hydrogen (secondary N) is 2. The average Bonchev–Trinajstić information content (AvgIpc) is 3.20. The maximum atomic E-state index is 9.55. The third-order valence-electron chi connectivity index (χ3n) is 5.87. The summed E-state index contributed by atoms with van der Waals surface area (Å²) in [6, 6.07) is 8.34. The molecule has 2 aromatic heterocycles. The van der Waals surface area contributed by atoms with Gasteiger partial charge < -0.3 is 25.3 Å². The van der Waals surface area contributed by atoms with Crippen LogP contribution in [0.4, 0.5) is 5.82 Å². The molecule has 0 aliphatic heterocycles. The van der Waals surface area contributed by atoms with Crippen molar-refractivity contribution in [3.05, 3.63) is 53.7 Å². The van der Waals surface area contributed by atoms with Crippen LogP contribution in [-0.4, -0.2) is 45.8 Å². The number of anilines is 1. The Hall–Kier alpha value is -4.07. The standard InChI is InChI=1S/C23H27N3O.C4H4O4/c1-13(2)8-10-24-23-21-15(4)20-18-12-16(27-5)6-7-19(18)26-22(20)14(3)17(21)9-11-25-23;5-3(6)1-2-4(7)8/h6-7,9,11-13,26H,8,10H2,1-5H3,(H,24,25);1-2H,(H,5,6)(H,7,8). The Balaban J connectivity index is 0.000000371. The molecule has 8 nitrogen and oxygen atoms in total. The number of aliphatic carboxylic acids is 2. The van der Waals surface area contributed by atoms with Gasteiger partial charge in [0.2, 0.25) is 0 Å². The predicted octanol–water partition coefficient (Wildman–Crippen LogP) is 5.66. The quantitative estimate of drug-likeness (QED) is 0.253. The maximum Gasteiger partial charge on any atom is 0.328 e. The van der Waals surface area contributed by atoms with Crippen molar-refractivity contribution in [2.45, 2.75) is 34.1 Å². The molecule has 0 radical (unpaired) electrons. The van der Waals surface area contributed by atoms with E-state index in [4.69, 9.17) is 14.9 Å². The Morgan fingerprint density at radius 3 is 2.34 bits per heavy atom. The number of methoxy groups -OCH3 is 1. The molecule has 2 aromatic carbocycles. The van der Waals surface area contributed by atoms with Crippen LogP contribution >= 0.6 is 0 Å². The summed E-state index contributed by atoms with van der Waals surface area (Å²) in [6.07, 6.45) is 4.15. The van der Waals surface area contributed by atoms with Crippen molar-refractivity contribution in [3.8, 4) is 5.75 Å². The third-order valence-corrected chi connectivity index (χ3v) is 5.87. The van der Waals surface area contributed by atoms with E-state index in [-0.39, 0.29) is 0 Å². The highest BCUT2D eigenvalue weighted by Crippen LogP contribution is 2.39. The summed E-state index contributed by atoms with van der Waals surface area (Å²) in [7, 11) is 1.71.